The Labute approximate surface area is 131 Å². The number of nitriles is 1. The van der Waals surface area contributed by atoms with Crippen molar-refractivity contribution in [3.63, 3.8) is 0 Å². The van der Waals surface area contributed by atoms with E-state index in [1.165, 1.54) is 12.1 Å². The van der Waals surface area contributed by atoms with Crippen molar-refractivity contribution in [3.8, 4) is 17.3 Å². The molecule has 3 aromatic rings. The Hall–Kier alpha value is -3.07. The van der Waals surface area contributed by atoms with E-state index < -0.39 is 11.6 Å². The molecule has 0 unspecified atom stereocenters. The molecule has 4 nitrogen and oxygen atoms in total. The van der Waals surface area contributed by atoms with Gasteiger partial charge in [-0.05, 0) is 36.1 Å². The van der Waals surface area contributed by atoms with Gasteiger partial charge in [0, 0.05) is 11.6 Å². The van der Waals surface area contributed by atoms with Crippen molar-refractivity contribution in [2.24, 2.45) is 0 Å². The van der Waals surface area contributed by atoms with Crippen molar-refractivity contribution in [2.75, 3.05) is 0 Å². The van der Waals surface area contributed by atoms with Crippen molar-refractivity contribution >= 4 is 0 Å². The fourth-order valence-corrected chi connectivity index (χ4v) is 2.39. The highest BCUT2D eigenvalue weighted by atomic mass is 19.1. The molecule has 0 aliphatic carbocycles. The highest BCUT2D eigenvalue weighted by molar-refractivity contribution is 5.64. The number of H-pyrrole nitrogens is 1. The summed E-state index contributed by atoms with van der Waals surface area (Å²) in [7, 11) is 0. The van der Waals surface area contributed by atoms with Crippen LogP contribution in [-0.2, 0) is 12.8 Å². The van der Waals surface area contributed by atoms with Crippen LogP contribution in [-0.4, -0.2) is 15.4 Å². The molecule has 0 saturated heterocycles. The van der Waals surface area contributed by atoms with E-state index in [0.717, 1.165) is 17.2 Å². The second-order valence-electron chi connectivity index (χ2n) is 5.08. The number of aromatic nitrogens is 3. The Morgan fingerprint density at radius 2 is 1.96 bits per heavy atom. The van der Waals surface area contributed by atoms with Gasteiger partial charge in [0.1, 0.15) is 23.4 Å². The first kappa shape index (κ1) is 14.9. The molecule has 0 aliphatic rings. The topological polar surface area (TPSA) is 65.4 Å². The maximum absolute atomic E-state index is 13.7. The Kier molecular flexibility index (Phi) is 4.11. The van der Waals surface area contributed by atoms with Gasteiger partial charge in [0.2, 0.25) is 0 Å². The van der Waals surface area contributed by atoms with E-state index in [2.05, 4.69) is 15.4 Å². The van der Waals surface area contributed by atoms with Gasteiger partial charge in [-0.25, -0.2) is 13.9 Å². The molecule has 114 valence electrons. The fourth-order valence-electron chi connectivity index (χ4n) is 2.39. The predicted octanol–water partition coefficient (Wildman–Crippen LogP) is 3.41. The molecule has 0 aliphatic heterocycles. The van der Waals surface area contributed by atoms with Crippen molar-refractivity contribution in [3.05, 3.63) is 70.9 Å². The number of halogens is 2. The molecule has 1 N–H and O–H groups in total. The molecule has 6 heteroatoms. The van der Waals surface area contributed by atoms with Gasteiger partial charge in [-0.1, -0.05) is 29.5 Å². The minimum Gasteiger partial charge on any atom is -0.247 e. The number of hydrogen-bond donors (Lipinski definition) is 1. The zero-order chi connectivity index (χ0) is 16.2. The fraction of sp³-hybridized carbons (Fsp3) is 0.118. The van der Waals surface area contributed by atoms with E-state index >= 15 is 0 Å². The number of aromatic amines is 1. The summed E-state index contributed by atoms with van der Waals surface area (Å²) in [5, 5.41) is 19.1. The van der Waals surface area contributed by atoms with E-state index in [-0.39, 0.29) is 0 Å². The van der Waals surface area contributed by atoms with Crippen LogP contribution in [0, 0.1) is 23.0 Å². The highest BCUT2D eigenvalue weighted by Crippen LogP contribution is 2.21. The molecule has 0 spiro atoms. The van der Waals surface area contributed by atoms with Gasteiger partial charge >= 0.3 is 0 Å². The molecule has 0 bridgehead atoms. The molecule has 2 aromatic carbocycles. The minimum absolute atomic E-state index is 0.298. The lowest BCUT2D eigenvalue weighted by Gasteiger charge is -2.05. The average molecular weight is 310 g/mol. The number of hydrogen-bond acceptors (Lipinski definition) is 3. The lowest BCUT2D eigenvalue weighted by atomic mass is 10.0. The Morgan fingerprint density at radius 3 is 2.74 bits per heavy atom. The van der Waals surface area contributed by atoms with Gasteiger partial charge in [0.25, 0.3) is 0 Å². The second-order valence-corrected chi connectivity index (χ2v) is 5.08. The molecule has 23 heavy (non-hydrogen) atoms. The van der Waals surface area contributed by atoms with Crippen LogP contribution in [0.3, 0.4) is 0 Å². The van der Waals surface area contributed by atoms with Crippen LogP contribution in [0.2, 0.25) is 0 Å². The van der Waals surface area contributed by atoms with Gasteiger partial charge in [-0.3, -0.25) is 0 Å². The average Bonchev–Trinajstić information content (AvgIpc) is 3.03. The van der Waals surface area contributed by atoms with Gasteiger partial charge in [-0.2, -0.15) is 5.26 Å². The zero-order valence-electron chi connectivity index (χ0n) is 12.1. The van der Waals surface area contributed by atoms with Crippen LogP contribution in [0.25, 0.3) is 11.3 Å². The number of nitrogens with one attached hydrogen (secondary N) is 1. The molecule has 3 rings (SSSR count). The second kappa shape index (κ2) is 6.36. The third-order valence-electron chi connectivity index (χ3n) is 3.56. The van der Waals surface area contributed by atoms with Crippen LogP contribution < -0.4 is 0 Å². The zero-order valence-corrected chi connectivity index (χ0v) is 12.1. The third-order valence-corrected chi connectivity index (χ3v) is 3.56. The van der Waals surface area contributed by atoms with Gasteiger partial charge in [-0.15, -0.1) is 5.10 Å². The molecule has 1 heterocycles. The monoisotopic (exact) mass is 310 g/mol. The van der Waals surface area contributed by atoms with Crippen LogP contribution in [0.5, 0.6) is 0 Å². The normalized spacial score (nSPS) is 10.5. The quantitative estimate of drug-likeness (QED) is 0.803. The summed E-state index contributed by atoms with van der Waals surface area (Å²) in [4.78, 5) is 0. The summed E-state index contributed by atoms with van der Waals surface area (Å²) < 4.78 is 26.6. The number of nitrogens with zero attached hydrogens (tertiary/aromatic N) is 3. The maximum atomic E-state index is 13.7. The Morgan fingerprint density at radius 1 is 1.09 bits per heavy atom. The van der Waals surface area contributed by atoms with E-state index in [4.69, 9.17) is 5.26 Å². The summed E-state index contributed by atoms with van der Waals surface area (Å²) in [5.41, 5.74) is 3.00. The highest BCUT2D eigenvalue weighted by Gasteiger charge is 2.10. The standard InChI is InChI=1S/C17H12F2N4/c18-14-7-6-12(15(19)9-14)5-4-11-2-1-3-13(8-11)17-16(10-20)21-23-22-17/h1-3,6-9H,4-5H2,(H,21,22,23). The first-order valence-corrected chi connectivity index (χ1v) is 7.02. The van der Waals surface area contributed by atoms with Crippen molar-refractivity contribution in [2.45, 2.75) is 12.8 Å². The summed E-state index contributed by atoms with van der Waals surface area (Å²) in [6.07, 6.45) is 1.05. The summed E-state index contributed by atoms with van der Waals surface area (Å²) in [6.45, 7) is 0. The van der Waals surface area contributed by atoms with E-state index in [9.17, 15) is 8.78 Å². The van der Waals surface area contributed by atoms with Crippen LogP contribution in [0.4, 0.5) is 8.78 Å². The van der Waals surface area contributed by atoms with Crippen molar-refractivity contribution < 1.29 is 8.78 Å². The van der Waals surface area contributed by atoms with Crippen molar-refractivity contribution in [1.29, 1.82) is 5.26 Å². The number of rotatable bonds is 4. The first-order valence-electron chi connectivity index (χ1n) is 7.02. The smallest absolute Gasteiger partial charge is 0.163 e. The summed E-state index contributed by atoms with van der Waals surface area (Å²) in [6, 6.07) is 13.1. The van der Waals surface area contributed by atoms with E-state index in [0.29, 0.717) is 29.8 Å². The molecule has 0 radical (unpaired) electrons. The molecular formula is C17H12F2N4. The Balaban J connectivity index is 1.79. The minimum atomic E-state index is -0.580. The number of benzene rings is 2. The molecule has 0 amide bonds. The van der Waals surface area contributed by atoms with Crippen LogP contribution in [0.1, 0.15) is 16.8 Å². The van der Waals surface area contributed by atoms with Gasteiger partial charge in [0.15, 0.2) is 5.69 Å². The maximum Gasteiger partial charge on any atom is 0.163 e. The first-order chi connectivity index (χ1) is 11.2. The lowest BCUT2D eigenvalue weighted by Crippen LogP contribution is -1.96. The SMILES string of the molecule is N#Cc1[nH]nnc1-c1cccc(CCc2ccc(F)cc2F)c1. The van der Waals surface area contributed by atoms with Gasteiger partial charge < -0.3 is 0 Å². The molecular weight excluding hydrogens is 298 g/mol. The van der Waals surface area contributed by atoms with E-state index in [1.807, 2.05) is 30.3 Å². The lowest BCUT2D eigenvalue weighted by molar-refractivity contribution is 0.571. The van der Waals surface area contributed by atoms with E-state index in [1.54, 1.807) is 0 Å². The van der Waals surface area contributed by atoms with Crippen molar-refractivity contribution in [1.82, 2.24) is 15.4 Å². The summed E-state index contributed by atoms with van der Waals surface area (Å²) >= 11 is 0. The van der Waals surface area contributed by atoms with Gasteiger partial charge in [0.05, 0.1) is 0 Å². The molecule has 1 aromatic heterocycles. The predicted molar refractivity (Wildman–Crippen MR) is 80.3 cm³/mol. The van der Waals surface area contributed by atoms with Crippen LogP contribution in [0.15, 0.2) is 42.5 Å². The molecule has 0 atom stereocenters. The Bertz CT molecular complexity index is 880. The summed E-state index contributed by atoms with van der Waals surface area (Å²) in [5.74, 6) is -1.12. The third kappa shape index (κ3) is 3.24. The largest absolute Gasteiger partial charge is 0.247 e. The number of aryl methyl sites for hydroxylation is 2. The molecule has 0 saturated carbocycles. The van der Waals surface area contributed by atoms with Crippen LogP contribution >= 0.6 is 0 Å². The molecule has 0 fully saturated rings.